The Morgan fingerprint density at radius 3 is 2.44 bits per heavy atom. The Kier molecular flexibility index (Phi) is 6.20. The van der Waals surface area contributed by atoms with Crippen molar-refractivity contribution in [1.82, 2.24) is 10.2 Å². The maximum absolute atomic E-state index is 13.5. The monoisotopic (exact) mass is 372 g/mol. The zero-order valence-corrected chi connectivity index (χ0v) is 16.8. The molecule has 148 valence electrons. The number of carbonyl (C=O) groups is 2. The summed E-state index contributed by atoms with van der Waals surface area (Å²) in [6.07, 6.45) is 6.61. The molecule has 1 aromatic carbocycles. The smallest absolute Gasteiger partial charge is 0.256 e. The number of benzene rings is 1. The molecule has 5 nitrogen and oxygen atoms in total. The second kappa shape index (κ2) is 8.42. The molecule has 3 rings (SSSR count). The van der Waals surface area contributed by atoms with E-state index in [2.05, 4.69) is 12.2 Å². The lowest BCUT2D eigenvalue weighted by molar-refractivity contribution is -0.127. The van der Waals surface area contributed by atoms with Crippen molar-refractivity contribution >= 4 is 11.8 Å². The average Bonchev–Trinajstić information content (AvgIpc) is 3.06. The Balaban J connectivity index is 1.89. The summed E-state index contributed by atoms with van der Waals surface area (Å²) in [4.78, 5) is 28.1. The molecule has 0 bridgehead atoms. The van der Waals surface area contributed by atoms with Gasteiger partial charge in [0.2, 0.25) is 5.91 Å². The fourth-order valence-corrected chi connectivity index (χ4v) is 4.13. The summed E-state index contributed by atoms with van der Waals surface area (Å²) >= 11 is 0. The summed E-state index contributed by atoms with van der Waals surface area (Å²) in [6.45, 7) is 6.40. The molecule has 2 unspecified atom stereocenters. The van der Waals surface area contributed by atoms with E-state index >= 15 is 0 Å². The Bertz CT molecular complexity index is 665. The minimum atomic E-state index is -0.629. The maximum Gasteiger partial charge on any atom is 0.256 e. The Morgan fingerprint density at radius 2 is 1.85 bits per heavy atom. The third kappa shape index (κ3) is 4.03. The summed E-state index contributed by atoms with van der Waals surface area (Å²) in [5.41, 5.74) is 1.20. The molecule has 1 aromatic rings. The van der Waals surface area contributed by atoms with Crippen LogP contribution in [0.1, 0.15) is 75.2 Å². The van der Waals surface area contributed by atoms with Crippen molar-refractivity contribution in [3.05, 3.63) is 35.4 Å². The summed E-state index contributed by atoms with van der Waals surface area (Å²) in [6, 6.07) is 7.26. The SMILES string of the molecule is CCc1ccc(C(=O)N2C(C(=O)NC(C)CC)COC23CCCCC3)cc1. The van der Waals surface area contributed by atoms with E-state index in [1.165, 1.54) is 5.56 Å². The first-order chi connectivity index (χ1) is 13.0. The zero-order chi connectivity index (χ0) is 19.4. The van der Waals surface area contributed by atoms with Crippen LogP contribution in [0.4, 0.5) is 0 Å². The molecule has 27 heavy (non-hydrogen) atoms. The van der Waals surface area contributed by atoms with E-state index in [0.29, 0.717) is 5.56 Å². The zero-order valence-electron chi connectivity index (χ0n) is 16.8. The lowest BCUT2D eigenvalue weighted by Crippen LogP contribution is -2.57. The largest absolute Gasteiger partial charge is 0.353 e. The van der Waals surface area contributed by atoms with E-state index in [1.54, 1.807) is 4.90 Å². The number of ether oxygens (including phenoxy) is 1. The van der Waals surface area contributed by atoms with Gasteiger partial charge in [-0.1, -0.05) is 32.4 Å². The van der Waals surface area contributed by atoms with Crippen molar-refractivity contribution < 1.29 is 14.3 Å². The number of hydrogen-bond donors (Lipinski definition) is 1. The Labute approximate surface area is 162 Å². The van der Waals surface area contributed by atoms with Gasteiger partial charge in [-0.25, -0.2) is 0 Å². The van der Waals surface area contributed by atoms with Gasteiger partial charge in [-0.3, -0.25) is 14.5 Å². The molecule has 1 spiro atoms. The standard InChI is InChI=1S/C22H32N2O3/c1-4-16(3)23-20(25)19-15-27-22(13-7-6-8-14-22)24(19)21(26)18-11-9-17(5-2)10-12-18/h9-12,16,19H,4-8,13-15H2,1-3H3,(H,23,25). The number of nitrogens with one attached hydrogen (secondary N) is 1. The van der Waals surface area contributed by atoms with Crippen molar-refractivity contribution in [2.24, 2.45) is 0 Å². The van der Waals surface area contributed by atoms with Crippen LogP contribution in [0.2, 0.25) is 0 Å². The molecule has 1 heterocycles. The molecule has 0 aromatic heterocycles. The predicted octanol–water partition coefficient (Wildman–Crippen LogP) is 3.67. The van der Waals surface area contributed by atoms with Crippen LogP contribution in [0, 0.1) is 0 Å². The summed E-state index contributed by atoms with van der Waals surface area (Å²) in [5, 5.41) is 3.04. The molecule has 5 heteroatoms. The highest BCUT2D eigenvalue weighted by atomic mass is 16.5. The number of carbonyl (C=O) groups excluding carboxylic acids is 2. The average molecular weight is 373 g/mol. The van der Waals surface area contributed by atoms with Gasteiger partial charge < -0.3 is 10.1 Å². The van der Waals surface area contributed by atoms with Crippen LogP contribution in [-0.2, 0) is 16.0 Å². The Morgan fingerprint density at radius 1 is 1.19 bits per heavy atom. The van der Waals surface area contributed by atoms with Crippen molar-refractivity contribution in [2.75, 3.05) is 6.61 Å². The predicted molar refractivity (Wildman–Crippen MR) is 105 cm³/mol. The molecule has 2 fully saturated rings. The van der Waals surface area contributed by atoms with Crippen LogP contribution >= 0.6 is 0 Å². The summed E-state index contributed by atoms with van der Waals surface area (Å²) in [5.74, 6) is -0.202. The number of nitrogens with zero attached hydrogens (tertiary/aromatic N) is 1. The maximum atomic E-state index is 13.5. The van der Waals surface area contributed by atoms with Gasteiger partial charge in [0, 0.05) is 11.6 Å². The van der Waals surface area contributed by atoms with Crippen molar-refractivity contribution in [3.8, 4) is 0 Å². The molecule has 2 aliphatic rings. The number of aryl methyl sites for hydroxylation is 1. The van der Waals surface area contributed by atoms with E-state index in [1.807, 2.05) is 38.1 Å². The number of hydrogen-bond acceptors (Lipinski definition) is 3. The van der Waals surface area contributed by atoms with Crippen molar-refractivity contribution in [2.45, 2.75) is 83.5 Å². The van der Waals surface area contributed by atoms with Crippen LogP contribution in [0.25, 0.3) is 0 Å². The molecule has 1 saturated carbocycles. The molecule has 2 atom stereocenters. The van der Waals surface area contributed by atoms with E-state index in [9.17, 15) is 9.59 Å². The first-order valence-corrected chi connectivity index (χ1v) is 10.4. The lowest BCUT2D eigenvalue weighted by Gasteiger charge is -2.41. The van der Waals surface area contributed by atoms with Gasteiger partial charge in [0.05, 0.1) is 6.61 Å². The van der Waals surface area contributed by atoms with E-state index in [-0.39, 0.29) is 24.5 Å². The van der Waals surface area contributed by atoms with Gasteiger partial charge in [0.15, 0.2) is 0 Å². The fourth-order valence-electron chi connectivity index (χ4n) is 4.13. The van der Waals surface area contributed by atoms with Crippen molar-refractivity contribution in [3.63, 3.8) is 0 Å². The minimum absolute atomic E-state index is 0.0844. The van der Waals surface area contributed by atoms with E-state index < -0.39 is 11.8 Å². The normalized spacial score (nSPS) is 22.6. The highest BCUT2D eigenvalue weighted by Gasteiger charge is 2.53. The van der Waals surface area contributed by atoms with Gasteiger partial charge >= 0.3 is 0 Å². The minimum Gasteiger partial charge on any atom is -0.353 e. The summed E-state index contributed by atoms with van der Waals surface area (Å²) in [7, 11) is 0. The van der Waals surface area contributed by atoms with E-state index in [4.69, 9.17) is 4.74 Å². The van der Waals surface area contributed by atoms with Crippen LogP contribution in [0.3, 0.4) is 0 Å². The van der Waals surface area contributed by atoms with Crippen LogP contribution < -0.4 is 5.32 Å². The molecular weight excluding hydrogens is 340 g/mol. The lowest BCUT2D eigenvalue weighted by atomic mass is 9.89. The molecule has 1 N–H and O–H groups in total. The van der Waals surface area contributed by atoms with Gasteiger partial charge in [-0.2, -0.15) is 0 Å². The molecular formula is C22H32N2O3. The van der Waals surface area contributed by atoms with Crippen LogP contribution in [0.15, 0.2) is 24.3 Å². The van der Waals surface area contributed by atoms with Crippen molar-refractivity contribution in [1.29, 1.82) is 0 Å². The van der Waals surface area contributed by atoms with Gasteiger partial charge in [0.25, 0.3) is 5.91 Å². The van der Waals surface area contributed by atoms with Gasteiger partial charge in [0.1, 0.15) is 11.8 Å². The fraction of sp³-hybridized carbons (Fsp3) is 0.636. The molecule has 1 aliphatic carbocycles. The summed E-state index contributed by atoms with van der Waals surface area (Å²) < 4.78 is 6.17. The van der Waals surface area contributed by atoms with Crippen LogP contribution in [-0.4, -0.2) is 41.1 Å². The second-order valence-electron chi connectivity index (χ2n) is 7.88. The number of amides is 2. The molecule has 0 radical (unpaired) electrons. The van der Waals surface area contributed by atoms with Gasteiger partial charge in [-0.15, -0.1) is 0 Å². The molecule has 2 amide bonds. The first-order valence-electron chi connectivity index (χ1n) is 10.4. The first kappa shape index (κ1) is 19.9. The quantitative estimate of drug-likeness (QED) is 0.858. The van der Waals surface area contributed by atoms with Crippen LogP contribution in [0.5, 0.6) is 0 Å². The topological polar surface area (TPSA) is 58.6 Å². The van der Waals surface area contributed by atoms with Gasteiger partial charge in [-0.05, 0) is 63.1 Å². The highest BCUT2D eigenvalue weighted by molar-refractivity contribution is 5.98. The molecule has 1 saturated heterocycles. The third-order valence-electron chi connectivity index (χ3n) is 6.03. The number of rotatable bonds is 5. The molecule has 1 aliphatic heterocycles. The third-order valence-corrected chi connectivity index (χ3v) is 6.03. The van der Waals surface area contributed by atoms with E-state index in [0.717, 1.165) is 44.9 Å². The Hall–Kier alpha value is -1.88. The second-order valence-corrected chi connectivity index (χ2v) is 7.88. The highest BCUT2D eigenvalue weighted by Crippen LogP contribution is 2.41.